The van der Waals surface area contributed by atoms with Gasteiger partial charge in [0.25, 0.3) is 0 Å². The number of hydrogen-bond donors (Lipinski definition) is 0. The van der Waals surface area contributed by atoms with Crippen LogP contribution in [0.1, 0.15) is 0 Å². The third-order valence-corrected chi connectivity index (χ3v) is 12.7. The average Bonchev–Trinajstić information content (AvgIpc) is 4.20. The Kier molecular flexibility index (Phi) is 11.9. The van der Waals surface area contributed by atoms with Gasteiger partial charge < -0.3 is 29.9 Å². The number of fused-ring (bicyclic) bond motifs is 8. The molecule has 11 heteroatoms. The fraction of sp³-hybridized carbons (Fsp3) is 0. The van der Waals surface area contributed by atoms with Gasteiger partial charge in [0.05, 0.1) is 11.4 Å². The normalized spacial score (nSPS) is 11.2. The van der Waals surface area contributed by atoms with Crippen molar-refractivity contribution >= 4 is 45.4 Å². The van der Waals surface area contributed by atoms with Crippen molar-refractivity contribution in [2.24, 2.45) is 0 Å². The van der Waals surface area contributed by atoms with E-state index in [9.17, 15) is 0 Å². The van der Waals surface area contributed by atoms with Crippen molar-refractivity contribution in [3.63, 3.8) is 0 Å². The van der Waals surface area contributed by atoms with Crippen LogP contribution in [0, 0.1) is 0 Å². The first-order valence-corrected chi connectivity index (χ1v) is 23.7. The molecule has 0 fully saturated rings. The quantitative estimate of drug-likeness (QED) is 0.148. The van der Waals surface area contributed by atoms with Crippen molar-refractivity contribution in [3.05, 3.63) is 243 Å². The fourth-order valence-corrected chi connectivity index (χ4v) is 9.55. The Morgan fingerprint density at radius 2 is 0.479 bits per heavy atom. The van der Waals surface area contributed by atoms with Crippen LogP contribution in [0.15, 0.2) is 243 Å². The molecule has 5 heterocycles. The van der Waals surface area contributed by atoms with E-state index in [0.29, 0.717) is 45.4 Å². The Morgan fingerprint density at radius 3 is 0.753 bits per heavy atom. The molecule has 0 N–H and O–H groups in total. The number of hydrogen-bond acceptors (Lipinski definition) is 6. The van der Waals surface area contributed by atoms with E-state index < -0.39 is 0 Å². The average molecular weight is 1120 g/mol. The molecule has 0 radical (unpaired) electrons. The zero-order valence-electron chi connectivity index (χ0n) is 38.9. The first-order valence-electron chi connectivity index (χ1n) is 23.7. The first-order chi connectivity index (χ1) is 35.7. The van der Waals surface area contributed by atoms with E-state index in [1.165, 1.54) is 0 Å². The molecule has 0 aliphatic carbocycles. The van der Waals surface area contributed by atoms with Crippen LogP contribution in [-0.4, -0.2) is 39.0 Å². The molecule has 5 aromatic heterocycles. The summed E-state index contributed by atoms with van der Waals surface area (Å²) in [5.74, 6) is 0.738. The molecule has 13 aromatic rings. The minimum atomic E-state index is 0. The molecule has 0 saturated heterocycles. The minimum Gasteiger partial charge on any atom is -0.357 e. The molecule has 8 bridgehead atoms. The number of para-hydroxylation sites is 2. The summed E-state index contributed by atoms with van der Waals surface area (Å²) in [4.78, 5) is 43.9. The van der Waals surface area contributed by atoms with Crippen molar-refractivity contribution in [1.29, 1.82) is 0 Å². The van der Waals surface area contributed by atoms with Crippen LogP contribution in [0.3, 0.4) is 0 Å². The van der Waals surface area contributed by atoms with E-state index in [4.69, 9.17) is 39.9 Å². The number of rotatable bonds is 8. The van der Waals surface area contributed by atoms with Gasteiger partial charge in [0.2, 0.25) is 0 Å². The Morgan fingerprint density at radius 1 is 0.247 bits per heavy atom. The molecule has 73 heavy (non-hydrogen) atoms. The summed E-state index contributed by atoms with van der Waals surface area (Å²) < 4.78 is 4.12. The maximum Gasteiger partial charge on any atom is 2.00 e. The predicted octanol–water partition coefficient (Wildman–Crippen LogP) is 13.9. The van der Waals surface area contributed by atoms with Gasteiger partial charge in [-0.2, -0.15) is 0 Å². The molecule has 8 aromatic carbocycles. The molecule has 0 spiro atoms. The number of aromatic nitrogens is 10. The Bertz CT molecular complexity index is 3360. The largest absolute Gasteiger partial charge is 2.00 e. The Labute approximate surface area is 434 Å². The van der Waals surface area contributed by atoms with Crippen LogP contribution in [0.25, 0.3) is 124 Å². The predicted molar refractivity (Wildman–Crippen MR) is 288 cm³/mol. The standard InChI is InChI=1S/C62H40N10.Pt/c1-9-25-41(26-10-1)49-51(43-29-13-3-14-30-43)57-63-55(49)65-59-53(45-33-17-5-18-34-45)71(47-37-21-7-22-38-47)62(69-59)68-58-52(44-31-15-4-16-32-44)50(42-27-11-2-12-28-42)56(64-58)66-60-54(46-35-19-6-20-36-46)72(61(67-57)70-60)48-39-23-8-24-40-48;/h1-40H;/q-2;+2. The molecule has 13 rings (SSSR count). The monoisotopic (exact) mass is 1120 g/mol. The molecular formula is C62H40N10Pt. The minimum absolute atomic E-state index is 0. The summed E-state index contributed by atoms with van der Waals surface area (Å²) in [5, 5.41) is 0. The van der Waals surface area contributed by atoms with Crippen LogP contribution in [0.5, 0.6) is 0 Å². The molecule has 0 amide bonds. The molecule has 0 aliphatic heterocycles. The van der Waals surface area contributed by atoms with E-state index >= 15 is 0 Å². The zero-order valence-corrected chi connectivity index (χ0v) is 41.2. The van der Waals surface area contributed by atoms with Crippen molar-refractivity contribution in [3.8, 4) is 78.4 Å². The Hall–Kier alpha value is -9.37. The fourth-order valence-electron chi connectivity index (χ4n) is 9.55. The van der Waals surface area contributed by atoms with Crippen molar-refractivity contribution in [2.45, 2.75) is 0 Å². The van der Waals surface area contributed by atoms with Gasteiger partial charge in [0, 0.05) is 67.3 Å². The van der Waals surface area contributed by atoms with Crippen molar-refractivity contribution in [2.75, 3.05) is 0 Å². The van der Waals surface area contributed by atoms with E-state index in [2.05, 4.69) is 106 Å². The SMILES string of the molecule is [Pt+2].c1ccc(-c2c(-c3ccccc3)c3nc4nc(nc5[n-]c(nc6nc(nc2[n-]3)c(-c2ccccc2)n6-c2ccccc2)c(-c2ccccc2)c5-c2ccccc2)c(-c2ccccc2)n4-c2ccccc2)cc1. The third kappa shape index (κ3) is 8.29. The number of nitrogens with zero attached hydrogens (tertiary/aromatic N) is 10. The van der Waals surface area contributed by atoms with Gasteiger partial charge in [-0.1, -0.05) is 218 Å². The summed E-state index contributed by atoms with van der Waals surface area (Å²) in [7, 11) is 0. The third-order valence-electron chi connectivity index (χ3n) is 12.7. The van der Waals surface area contributed by atoms with Crippen LogP contribution in [-0.2, 0) is 21.1 Å². The van der Waals surface area contributed by atoms with Gasteiger partial charge in [-0.25, -0.2) is 9.97 Å². The van der Waals surface area contributed by atoms with Crippen molar-refractivity contribution < 1.29 is 21.1 Å². The van der Waals surface area contributed by atoms with E-state index in [1.807, 2.05) is 146 Å². The van der Waals surface area contributed by atoms with Gasteiger partial charge in [0.15, 0.2) is 11.6 Å². The maximum atomic E-state index is 5.56. The molecule has 10 nitrogen and oxygen atoms in total. The van der Waals surface area contributed by atoms with Gasteiger partial charge in [-0.3, -0.25) is 9.13 Å². The zero-order chi connectivity index (χ0) is 47.8. The first kappa shape index (κ1) is 44.8. The van der Waals surface area contributed by atoms with Crippen LogP contribution in [0.4, 0.5) is 0 Å². The smallest absolute Gasteiger partial charge is 0.357 e. The maximum absolute atomic E-state index is 5.56. The van der Waals surface area contributed by atoms with Gasteiger partial charge >= 0.3 is 21.1 Å². The van der Waals surface area contributed by atoms with Crippen LogP contribution < -0.4 is 9.97 Å². The van der Waals surface area contributed by atoms with Gasteiger partial charge in [0.1, 0.15) is 11.3 Å². The molecule has 348 valence electrons. The van der Waals surface area contributed by atoms with Gasteiger partial charge in [-0.05, 0) is 46.5 Å². The summed E-state index contributed by atoms with van der Waals surface area (Å²) in [6.45, 7) is 0. The van der Waals surface area contributed by atoms with Crippen molar-refractivity contribution in [1.82, 2.24) is 49.0 Å². The summed E-state index contributed by atoms with van der Waals surface area (Å²) in [6, 6.07) is 81.6. The van der Waals surface area contributed by atoms with E-state index in [0.717, 1.165) is 78.4 Å². The second-order valence-electron chi connectivity index (χ2n) is 17.2. The van der Waals surface area contributed by atoms with Crippen LogP contribution >= 0.6 is 0 Å². The van der Waals surface area contributed by atoms with Crippen LogP contribution in [0.2, 0.25) is 0 Å². The molecule has 0 unspecified atom stereocenters. The molecule has 0 saturated carbocycles. The summed E-state index contributed by atoms with van der Waals surface area (Å²) >= 11 is 0. The molecular weight excluding hydrogens is 1080 g/mol. The second kappa shape index (κ2) is 19.4. The molecule has 0 aliphatic rings. The summed E-state index contributed by atoms with van der Waals surface area (Å²) in [5.41, 5.74) is 14.3. The second-order valence-corrected chi connectivity index (χ2v) is 17.2. The Balaban J connectivity index is 0.00000543. The van der Waals surface area contributed by atoms with E-state index in [-0.39, 0.29) is 21.1 Å². The summed E-state index contributed by atoms with van der Waals surface area (Å²) in [6.07, 6.45) is 0. The van der Waals surface area contributed by atoms with Gasteiger partial charge in [-0.15, -0.1) is 0 Å². The molecule has 0 atom stereocenters. The number of benzene rings is 8. The topological polar surface area (TPSA) is 115 Å². The van der Waals surface area contributed by atoms with E-state index in [1.54, 1.807) is 0 Å². The number of imidazole rings is 2.